The fourth-order valence-corrected chi connectivity index (χ4v) is 6.06. The zero-order chi connectivity index (χ0) is 23.4. The van der Waals surface area contributed by atoms with Gasteiger partial charge in [0.25, 0.3) is 0 Å². The standard InChI is InChI=1S/C22H32FN5O4S/c23-19-4-3-5-20(16-19)33(31,32)28-14-12-27(13-15-28)22(30)18-25-10-8-24(9-11-25)17-21(29)26-6-1-2-7-26/h3-5,16H,1-2,6-15,17-18H2. The molecule has 3 aliphatic rings. The second-order valence-corrected chi connectivity index (χ2v) is 10.8. The van der Waals surface area contributed by atoms with Crippen molar-refractivity contribution >= 4 is 21.8 Å². The van der Waals surface area contributed by atoms with Crippen LogP contribution in [0.5, 0.6) is 0 Å². The highest BCUT2D eigenvalue weighted by atomic mass is 32.2. The molecule has 0 bridgehead atoms. The lowest BCUT2D eigenvalue weighted by Crippen LogP contribution is -2.55. The summed E-state index contributed by atoms with van der Waals surface area (Å²) in [6.07, 6.45) is 2.18. The van der Waals surface area contributed by atoms with E-state index in [-0.39, 0.29) is 29.8 Å². The van der Waals surface area contributed by atoms with Gasteiger partial charge in [-0.3, -0.25) is 19.4 Å². The van der Waals surface area contributed by atoms with E-state index in [1.54, 1.807) is 4.90 Å². The molecule has 9 nitrogen and oxygen atoms in total. The van der Waals surface area contributed by atoms with Gasteiger partial charge in [0.05, 0.1) is 18.0 Å². The van der Waals surface area contributed by atoms with E-state index in [4.69, 9.17) is 0 Å². The lowest BCUT2D eigenvalue weighted by molar-refractivity contribution is -0.135. The molecular weight excluding hydrogens is 449 g/mol. The van der Waals surface area contributed by atoms with Gasteiger partial charge in [-0.05, 0) is 31.0 Å². The van der Waals surface area contributed by atoms with Crippen molar-refractivity contribution in [2.24, 2.45) is 0 Å². The predicted octanol–water partition coefficient (Wildman–Crippen LogP) is -0.101. The normalized spacial score (nSPS) is 21.5. The first-order valence-corrected chi connectivity index (χ1v) is 13.0. The summed E-state index contributed by atoms with van der Waals surface area (Å²) in [4.78, 5) is 32.9. The number of carbonyl (C=O) groups is 2. The molecule has 0 saturated carbocycles. The Bertz CT molecular complexity index is 953. The first-order chi connectivity index (χ1) is 15.8. The zero-order valence-electron chi connectivity index (χ0n) is 18.9. The molecule has 0 N–H and O–H groups in total. The van der Waals surface area contributed by atoms with Gasteiger partial charge in [0.1, 0.15) is 5.82 Å². The van der Waals surface area contributed by atoms with Crippen molar-refractivity contribution < 1.29 is 22.4 Å². The molecule has 2 amide bonds. The van der Waals surface area contributed by atoms with E-state index in [1.807, 2.05) is 4.90 Å². The second-order valence-electron chi connectivity index (χ2n) is 8.88. The van der Waals surface area contributed by atoms with Crippen LogP contribution in [0.4, 0.5) is 4.39 Å². The van der Waals surface area contributed by atoms with E-state index >= 15 is 0 Å². The molecule has 182 valence electrons. The third kappa shape index (κ3) is 5.89. The molecule has 0 aromatic heterocycles. The molecule has 3 saturated heterocycles. The number of amides is 2. The van der Waals surface area contributed by atoms with E-state index in [0.717, 1.165) is 58.2 Å². The van der Waals surface area contributed by atoms with E-state index in [0.29, 0.717) is 26.2 Å². The number of halogens is 1. The number of likely N-dealkylation sites (tertiary alicyclic amines) is 1. The molecule has 3 heterocycles. The van der Waals surface area contributed by atoms with Crippen molar-refractivity contribution in [1.29, 1.82) is 0 Å². The highest BCUT2D eigenvalue weighted by molar-refractivity contribution is 7.89. The molecular formula is C22H32FN5O4S. The molecule has 0 spiro atoms. The van der Waals surface area contributed by atoms with Crippen LogP contribution in [0.25, 0.3) is 0 Å². The van der Waals surface area contributed by atoms with Gasteiger partial charge in [0.15, 0.2) is 0 Å². The maximum absolute atomic E-state index is 13.4. The lowest BCUT2D eigenvalue weighted by atomic mass is 10.3. The number of nitrogens with zero attached hydrogens (tertiary/aromatic N) is 5. The number of hydrogen-bond donors (Lipinski definition) is 0. The minimum absolute atomic E-state index is 0.0144. The van der Waals surface area contributed by atoms with Crippen LogP contribution in [0, 0.1) is 5.82 Å². The van der Waals surface area contributed by atoms with Crippen LogP contribution in [0.15, 0.2) is 29.2 Å². The van der Waals surface area contributed by atoms with Crippen LogP contribution in [0.3, 0.4) is 0 Å². The molecule has 11 heteroatoms. The molecule has 3 fully saturated rings. The Morgan fingerprint density at radius 3 is 1.79 bits per heavy atom. The Morgan fingerprint density at radius 1 is 0.758 bits per heavy atom. The molecule has 0 unspecified atom stereocenters. The van der Waals surface area contributed by atoms with Crippen LogP contribution in [0.1, 0.15) is 12.8 Å². The summed E-state index contributed by atoms with van der Waals surface area (Å²) in [6.45, 7) is 6.46. The number of sulfonamides is 1. The van der Waals surface area contributed by atoms with Gasteiger partial charge < -0.3 is 9.80 Å². The van der Waals surface area contributed by atoms with Crippen LogP contribution in [-0.4, -0.2) is 123 Å². The van der Waals surface area contributed by atoms with Gasteiger partial charge in [0, 0.05) is 65.4 Å². The van der Waals surface area contributed by atoms with Crippen LogP contribution in [0.2, 0.25) is 0 Å². The summed E-state index contributed by atoms with van der Waals surface area (Å²) >= 11 is 0. The van der Waals surface area contributed by atoms with Crippen LogP contribution >= 0.6 is 0 Å². The summed E-state index contributed by atoms with van der Waals surface area (Å²) in [5.41, 5.74) is 0. The van der Waals surface area contributed by atoms with E-state index in [1.165, 1.54) is 22.5 Å². The SMILES string of the molecule is O=C(CN1CCN(CC(=O)N2CCN(S(=O)(=O)c3cccc(F)c3)CC2)CC1)N1CCCC1. The smallest absolute Gasteiger partial charge is 0.243 e. The van der Waals surface area contributed by atoms with Gasteiger partial charge in [0.2, 0.25) is 21.8 Å². The molecule has 3 aliphatic heterocycles. The fraction of sp³-hybridized carbons (Fsp3) is 0.636. The molecule has 0 aliphatic carbocycles. The second kappa shape index (κ2) is 10.5. The van der Waals surface area contributed by atoms with Crippen LogP contribution < -0.4 is 0 Å². The maximum atomic E-state index is 13.4. The van der Waals surface area contributed by atoms with Crippen LogP contribution in [-0.2, 0) is 19.6 Å². The first kappa shape index (κ1) is 24.1. The Morgan fingerprint density at radius 2 is 1.27 bits per heavy atom. The van der Waals surface area contributed by atoms with Gasteiger partial charge in [-0.15, -0.1) is 0 Å². The van der Waals surface area contributed by atoms with E-state index < -0.39 is 15.8 Å². The number of piperazine rings is 2. The quantitative estimate of drug-likeness (QED) is 0.564. The Kier molecular flexibility index (Phi) is 7.62. The fourth-order valence-electron chi connectivity index (χ4n) is 4.61. The van der Waals surface area contributed by atoms with Crippen molar-refractivity contribution in [1.82, 2.24) is 23.9 Å². The van der Waals surface area contributed by atoms with Gasteiger partial charge in [-0.25, -0.2) is 12.8 Å². The minimum atomic E-state index is -3.77. The first-order valence-electron chi connectivity index (χ1n) is 11.6. The molecule has 1 aromatic carbocycles. The summed E-state index contributed by atoms with van der Waals surface area (Å²) < 4.78 is 40.2. The number of benzene rings is 1. The average molecular weight is 482 g/mol. The average Bonchev–Trinajstić information content (AvgIpc) is 3.36. The van der Waals surface area contributed by atoms with Crippen molar-refractivity contribution in [3.05, 3.63) is 30.1 Å². The largest absolute Gasteiger partial charge is 0.342 e. The number of hydrogen-bond acceptors (Lipinski definition) is 6. The third-order valence-electron chi connectivity index (χ3n) is 6.67. The minimum Gasteiger partial charge on any atom is -0.342 e. The van der Waals surface area contributed by atoms with Crippen molar-refractivity contribution in [3.63, 3.8) is 0 Å². The Labute approximate surface area is 194 Å². The van der Waals surface area contributed by atoms with Crippen molar-refractivity contribution in [3.8, 4) is 0 Å². The number of rotatable bonds is 6. The molecule has 0 atom stereocenters. The Hall–Kier alpha value is -2.08. The lowest BCUT2D eigenvalue weighted by Gasteiger charge is -2.37. The van der Waals surface area contributed by atoms with Crippen molar-refractivity contribution in [2.45, 2.75) is 17.7 Å². The number of carbonyl (C=O) groups excluding carboxylic acids is 2. The van der Waals surface area contributed by atoms with Gasteiger partial charge in [-0.2, -0.15) is 4.31 Å². The highest BCUT2D eigenvalue weighted by Gasteiger charge is 2.31. The third-order valence-corrected chi connectivity index (χ3v) is 8.56. The predicted molar refractivity (Wildman–Crippen MR) is 120 cm³/mol. The highest BCUT2D eigenvalue weighted by Crippen LogP contribution is 2.19. The summed E-state index contributed by atoms with van der Waals surface area (Å²) in [5.74, 6) is -0.409. The maximum Gasteiger partial charge on any atom is 0.243 e. The topological polar surface area (TPSA) is 84.5 Å². The van der Waals surface area contributed by atoms with E-state index in [2.05, 4.69) is 9.80 Å². The molecule has 1 aromatic rings. The van der Waals surface area contributed by atoms with E-state index in [9.17, 15) is 22.4 Å². The van der Waals surface area contributed by atoms with Crippen molar-refractivity contribution in [2.75, 3.05) is 78.5 Å². The molecule has 0 radical (unpaired) electrons. The Balaban J connectivity index is 1.20. The monoisotopic (exact) mass is 481 g/mol. The summed E-state index contributed by atoms with van der Waals surface area (Å²) in [5, 5.41) is 0. The van der Waals surface area contributed by atoms with Gasteiger partial charge >= 0.3 is 0 Å². The van der Waals surface area contributed by atoms with Gasteiger partial charge in [-0.1, -0.05) is 6.07 Å². The molecule has 33 heavy (non-hydrogen) atoms. The zero-order valence-corrected chi connectivity index (χ0v) is 19.7. The molecule has 4 rings (SSSR count). The summed E-state index contributed by atoms with van der Waals surface area (Å²) in [7, 11) is -3.77. The summed E-state index contributed by atoms with van der Waals surface area (Å²) in [6, 6.07) is 4.99.